The number of rotatable bonds is 1. The van der Waals surface area contributed by atoms with Crippen LogP contribution in [-0.2, 0) is 0 Å². The van der Waals surface area contributed by atoms with E-state index in [1.54, 1.807) is 6.20 Å². The summed E-state index contributed by atoms with van der Waals surface area (Å²) in [4.78, 5) is 7.32. The fourth-order valence-electron chi connectivity index (χ4n) is 1.33. The first kappa shape index (κ1) is 8.52. The molecule has 0 spiro atoms. The summed E-state index contributed by atoms with van der Waals surface area (Å²) in [6, 6.07) is 9.64. The van der Waals surface area contributed by atoms with Gasteiger partial charge in [-0.15, -0.1) is 0 Å². The molecule has 0 amide bonds. The number of aromatic nitrogens is 2. The Balaban J connectivity index is 2.50. The summed E-state index contributed by atoms with van der Waals surface area (Å²) in [7, 11) is 0. The normalized spacial score (nSPS) is 9.71. The smallest absolute Gasteiger partial charge is 0.101 e. The van der Waals surface area contributed by atoms with Crippen molar-refractivity contribution in [2.24, 2.45) is 0 Å². The van der Waals surface area contributed by atoms with Crippen LogP contribution in [0, 0.1) is 18.3 Å². The first-order valence-electron chi connectivity index (χ1n) is 4.32. The molecule has 0 aliphatic heterocycles. The minimum absolute atomic E-state index is 0.672. The molecule has 68 valence electrons. The second kappa shape index (κ2) is 3.35. The maximum atomic E-state index is 8.79. The molecule has 2 heterocycles. The number of aromatic amines is 1. The quantitative estimate of drug-likeness (QED) is 0.737. The molecule has 0 aliphatic rings. The van der Waals surface area contributed by atoms with E-state index in [0.717, 1.165) is 17.1 Å². The highest BCUT2D eigenvalue weighted by Gasteiger charge is 2.05. The van der Waals surface area contributed by atoms with E-state index in [1.165, 1.54) is 0 Å². The molecule has 1 N–H and O–H groups in total. The molecule has 3 heteroatoms. The maximum absolute atomic E-state index is 8.79. The summed E-state index contributed by atoms with van der Waals surface area (Å²) in [6.07, 6.45) is 1.73. The highest BCUT2D eigenvalue weighted by Crippen LogP contribution is 2.18. The van der Waals surface area contributed by atoms with Crippen molar-refractivity contribution in [1.29, 1.82) is 5.26 Å². The Labute approximate surface area is 82.0 Å². The van der Waals surface area contributed by atoms with E-state index in [9.17, 15) is 0 Å². The maximum Gasteiger partial charge on any atom is 0.101 e. The largest absolute Gasteiger partial charge is 0.356 e. The van der Waals surface area contributed by atoms with E-state index in [-0.39, 0.29) is 0 Å². The third-order valence-corrected chi connectivity index (χ3v) is 2.08. The van der Waals surface area contributed by atoms with Crippen molar-refractivity contribution in [2.45, 2.75) is 6.92 Å². The number of nitrogens with one attached hydrogen (secondary N) is 1. The molecule has 0 saturated carbocycles. The van der Waals surface area contributed by atoms with Gasteiger partial charge >= 0.3 is 0 Å². The number of pyridine rings is 1. The van der Waals surface area contributed by atoms with Gasteiger partial charge < -0.3 is 4.98 Å². The monoisotopic (exact) mass is 183 g/mol. The first-order valence-corrected chi connectivity index (χ1v) is 4.32. The highest BCUT2D eigenvalue weighted by atomic mass is 14.8. The van der Waals surface area contributed by atoms with E-state index >= 15 is 0 Å². The Bertz CT molecular complexity index is 477. The fourth-order valence-corrected chi connectivity index (χ4v) is 1.33. The summed E-state index contributed by atoms with van der Waals surface area (Å²) in [5, 5.41) is 8.79. The summed E-state index contributed by atoms with van der Waals surface area (Å²) >= 11 is 0. The van der Waals surface area contributed by atoms with Crippen LogP contribution in [0.25, 0.3) is 11.4 Å². The molecule has 0 radical (unpaired) electrons. The lowest BCUT2D eigenvalue weighted by Crippen LogP contribution is -1.81. The fraction of sp³-hybridized carbons (Fsp3) is 0.0909. The van der Waals surface area contributed by atoms with Crippen LogP contribution < -0.4 is 0 Å². The average molecular weight is 183 g/mol. The lowest BCUT2D eigenvalue weighted by atomic mass is 10.2. The lowest BCUT2D eigenvalue weighted by molar-refractivity contribution is 1.22. The zero-order valence-electron chi connectivity index (χ0n) is 7.78. The minimum Gasteiger partial charge on any atom is -0.356 e. The zero-order chi connectivity index (χ0) is 9.97. The molecule has 0 unspecified atom stereocenters. The van der Waals surface area contributed by atoms with Crippen LogP contribution in [-0.4, -0.2) is 9.97 Å². The van der Waals surface area contributed by atoms with E-state index in [4.69, 9.17) is 5.26 Å². The lowest BCUT2D eigenvalue weighted by Gasteiger charge is -1.94. The molecule has 14 heavy (non-hydrogen) atoms. The number of hydrogen-bond acceptors (Lipinski definition) is 2. The zero-order valence-corrected chi connectivity index (χ0v) is 7.78. The van der Waals surface area contributed by atoms with Crippen LogP contribution in [0.15, 0.2) is 30.5 Å². The number of nitriles is 1. The topological polar surface area (TPSA) is 52.5 Å². The SMILES string of the molecule is Cc1[nH]c(-c2ccccn2)cc1C#N. The Morgan fingerprint density at radius 3 is 2.86 bits per heavy atom. The van der Waals surface area contributed by atoms with Gasteiger partial charge in [0.05, 0.1) is 17.0 Å². The standard InChI is InChI=1S/C11H9N3/c1-8-9(7-12)6-11(14-8)10-4-2-3-5-13-10/h2-6,14H,1H3. The van der Waals surface area contributed by atoms with Gasteiger partial charge in [-0.05, 0) is 25.1 Å². The molecule has 0 atom stereocenters. The van der Waals surface area contributed by atoms with Crippen molar-refractivity contribution in [2.75, 3.05) is 0 Å². The van der Waals surface area contributed by atoms with Crippen LogP contribution in [0.1, 0.15) is 11.3 Å². The van der Waals surface area contributed by atoms with E-state index in [2.05, 4.69) is 16.0 Å². The van der Waals surface area contributed by atoms with Crippen molar-refractivity contribution in [3.8, 4) is 17.5 Å². The van der Waals surface area contributed by atoms with Gasteiger partial charge in [-0.3, -0.25) is 4.98 Å². The first-order chi connectivity index (χ1) is 6.81. The molecule has 0 fully saturated rings. The number of H-pyrrole nitrogens is 1. The van der Waals surface area contributed by atoms with E-state index in [0.29, 0.717) is 5.56 Å². The molecule has 2 aromatic heterocycles. The minimum atomic E-state index is 0.672. The van der Waals surface area contributed by atoms with Crippen molar-refractivity contribution in [3.05, 3.63) is 41.7 Å². The molecule has 0 aromatic carbocycles. The van der Waals surface area contributed by atoms with Gasteiger partial charge in [-0.2, -0.15) is 5.26 Å². The second-order valence-corrected chi connectivity index (χ2v) is 3.05. The highest BCUT2D eigenvalue weighted by molar-refractivity contribution is 5.58. The van der Waals surface area contributed by atoms with Crippen molar-refractivity contribution in [3.63, 3.8) is 0 Å². The number of hydrogen-bond donors (Lipinski definition) is 1. The van der Waals surface area contributed by atoms with Gasteiger partial charge in [-0.1, -0.05) is 6.07 Å². The van der Waals surface area contributed by atoms with E-state index < -0.39 is 0 Å². The number of nitrogens with zero attached hydrogens (tertiary/aromatic N) is 2. The molecule has 0 aliphatic carbocycles. The van der Waals surface area contributed by atoms with Crippen LogP contribution in [0.5, 0.6) is 0 Å². The number of aryl methyl sites for hydroxylation is 1. The third-order valence-electron chi connectivity index (χ3n) is 2.08. The van der Waals surface area contributed by atoms with Crippen LogP contribution >= 0.6 is 0 Å². The van der Waals surface area contributed by atoms with Gasteiger partial charge in [0.25, 0.3) is 0 Å². The summed E-state index contributed by atoms with van der Waals surface area (Å²) in [5.41, 5.74) is 3.30. The summed E-state index contributed by atoms with van der Waals surface area (Å²) < 4.78 is 0. The molecular weight excluding hydrogens is 174 g/mol. The van der Waals surface area contributed by atoms with Crippen molar-refractivity contribution >= 4 is 0 Å². The molecule has 0 bridgehead atoms. The predicted molar refractivity (Wildman–Crippen MR) is 53.5 cm³/mol. The van der Waals surface area contributed by atoms with Crippen molar-refractivity contribution < 1.29 is 0 Å². The van der Waals surface area contributed by atoms with Crippen LogP contribution in [0.3, 0.4) is 0 Å². The van der Waals surface area contributed by atoms with Gasteiger partial charge in [0.15, 0.2) is 0 Å². The predicted octanol–water partition coefficient (Wildman–Crippen LogP) is 2.26. The third kappa shape index (κ3) is 1.38. The Morgan fingerprint density at radius 2 is 2.29 bits per heavy atom. The average Bonchev–Trinajstić information content (AvgIpc) is 2.61. The Kier molecular flexibility index (Phi) is 2.04. The molecule has 2 rings (SSSR count). The molecule has 3 nitrogen and oxygen atoms in total. The van der Waals surface area contributed by atoms with Crippen LogP contribution in [0.2, 0.25) is 0 Å². The van der Waals surface area contributed by atoms with Crippen molar-refractivity contribution in [1.82, 2.24) is 9.97 Å². The second-order valence-electron chi connectivity index (χ2n) is 3.05. The van der Waals surface area contributed by atoms with Gasteiger partial charge in [-0.25, -0.2) is 0 Å². The Morgan fingerprint density at radius 1 is 1.43 bits per heavy atom. The summed E-state index contributed by atoms with van der Waals surface area (Å²) in [5.74, 6) is 0. The molecule has 0 saturated heterocycles. The van der Waals surface area contributed by atoms with Gasteiger partial charge in [0, 0.05) is 11.9 Å². The van der Waals surface area contributed by atoms with E-state index in [1.807, 2.05) is 31.2 Å². The molecular formula is C11H9N3. The Hall–Kier alpha value is -2.08. The van der Waals surface area contributed by atoms with Gasteiger partial charge in [0.1, 0.15) is 6.07 Å². The summed E-state index contributed by atoms with van der Waals surface area (Å²) in [6.45, 7) is 1.88. The van der Waals surface area contributed by atoms with Gasteiger partial charge in [0.2, 0.25) is 0 Å². The van der Waals surface area contributed by atoms with Crippen LogP contribution in [0.4, 0.5) is 0 Å². The molecule has 2 aromatic rings.